The number of thiophene rings is 1. The molecule has 166 valence electrons. The Hall–Kier alpha value is -4.23. The summed E-state index contributed by atoms with van der Waals surface area (Å²) in [5, 5.41) is 23.8. The molecule has 2 amide bonds. The van der Waals surface area contributed by atoms with Crippen LogP contribution in [0.2, 0.25) is 0 Å². The molecular formula is C23H18N4O5S. The van der Waals surface area contributed by atoms with E-state index in [2.05, 4.69) is 5.32 Å². The van der Waals surface area contributed by atoms with Gasteiger partial charge in [0.2, 0.25) is 0 Å². The van der Waals surface area contributed by atoms with Gasteiger partial charge in [-0.3, -0.25) is 19.7 Å². The van der Waals surface area contributed by atoms with Crippen molar-refractivity contribution in [3.63, 3.8) is 0 Å². The highest BCUT2D eigenvalue weighted by Crippen LogP contribution is 2.38. The van der Waals surface area contributed by atoms with E-state index < -0.39 is 16.7 Å². The molecule has 10 heteroatoms. The molecule has 1 aromatic carbocycles. The van der Waals surface area contributed by atoms with Crippen molar-refractivity contribution in [3.8, 4) is 17.4 Å². The SMILES string of the molecule is N#C/C(=C\c1ccc(-c2ccccc2[N+](=O)[O-])o1)C(=O)Nc1sc2c(c1C(N)=O)CCCC2. The highest BCUT2D eigenvalue weighted by atomic mass is 32.1. The topological polar surface area (TPSA) is 152 Å². The van der Waals surface area contributed by atoms with Gasteiger partial charge in [-0.1, -0.05) is 12.1 Å². The smallest absolute Gasteiger partial charge is 0.280 e. The van der Waals surface area contributed by atoms with Gasteiger partial charge in [0.15, 0.2) is 0 Å². The van der Waals surface area contributed by atoms with Crippen molar-refractivity contribution in [3.05, 3.63) is 73.8 Å². The molecule has 2 heterocycles. The summed E-state index contributed by atoms with van der Waals surface area (Å²) in [6, 6.07) is 11.0. The Bertz CT molecular complexity index is 1350. The Balaban J connectivity index is 1.61. The van der Waals surface area contributed by atoms with Crippen LogP contribution in [0.15, 0.2) is 46.4 Å². The third-order valence-corrected chi connectivity index (χ3v) is 6.50. The third kappa shape index (κ3) is 4.40. The number of carbonyl (C=O) groups excluding carboxylic acids is 2. The molecule has 33 heavy (non-hydrogen) atoms. The maximum Gasteiger partial charge on any atom is 0.280 e. The van der Waals surface area contributed by atoms with E-state index in [9.17, 15) is 25.0 Å². The number of amides is 2. The van der Waals surface area contributed by atoms with Gasteiger partial charge in [-0.25, -0.2) is 0 Å². The first-order valence-electron chi connectivity index (χ1n) is 10.1. The zero-order valence-corrected chi connectivity index (χ0v) is 18.1. The Labute approximate surface area is 192 Å². The van der Waals surface area contributed by atoms with Crippen molar-refractivity contribution in [2.24, 2.45) is 5.73 Å². The summed E-state index contributed by atoms with van der Waals surface area (Å²) in [5.41, 5.74) is 6.64. The maximum absolute atomic E-state index is 12.8. The monoisotopic (exact) mass is 462 g/mol. The number of rotatable bonds is 6. The van der Waals surface area contributed by atoms with Crippen molar-refractivity contribution in [2.45, 2.75) is 25.7 Å². The predicted octanol–water partition coefficient (Wildman–Crippen LogP) is 4.44. The van der Waals surface area contributed by atoms with Crippen LogP contribution in [0.25, 0.3) is 17.4 Å². The number of nitriles is 1. The number of primary amides is 1. The number of hydrogen-bond donors (Lipinski definition) is 2. The highest BCUT2D eigenvalue weighted by Gasteiger charge is 2.26. The number of carbonyl (C=O) groups is 2. The van der Waals surface area contributed by atoms with Crippen LogP contribution in [-0.2, 0) is 17.6 Å². The maximum atomic E-state index is 12.8. The molecule has 1 aliphatic rings. The molecule has 4 rings (SSSR count). The van der Waals surface area contributed by atoms with Crippen LogP contribution in [0.3, 0.4) is 0 Å². The van der Waals surface area contributed by atoms with E-state index in [-0.39, 0.29) is 28.3 Å². The standard InChI is InChI=1S/C23H18N4O5S/c24-12-13(11-14-9-10-18(32-14)15-5-1-3-7-17(15)27(30)31)22(29)26-23-20(21(25)28)16-6-2-4-8-19(16)33-23/h1,3,5,7,9-11H,2,4,6,8H2,(H2,25,28)(H,26,29)/b13-11+. The molecule has 0 saturated heterocycles. The minimum Gasteiger partial charge on any atom is -0.456 e. The molecule has 0 fully saturated rings. The lowest BCUT2D eigenvalue weighted by molar-refractivity contribution is -0.384. The minimum atomic E-state index is -0.706. The molecule has 0 atom stereocenters. The third-order valence-electron chi connectivity index (χ3n) is 5.29. The van der Waals surface area contributed by atoms with E-state index >= 15 is 0 Å². The fourth-order valence-electron chi connectivity index (χ4n) is 3.79. The van der Waals surface area contributed by atoms with E-state index in [1.54, 1.807) is 18.2 Å². The number of anilines is 1. The minimum absolute atomic E-state index is 0.124. The average Bonchev–Trinajstić information content (AvgIpc) is 3.41. The molecule has 0 aliphatic heterocycles. The fraction of sp³-hybridized carbons (Fsp3) is 0.174. The Morgan fingerprint density at radius 3 is 2.70 bits per heavy atom. The molecule has 0 unspecified atom stereocenters. The quantitative estimate of drug-likeness (QED) is 0.239. The summed E-state index contributed by atoms with van der Waals surface area (Å²) in [4.78, 5) is 36.6. The van der Waals surface area contributed by atoms with Crippen molar-refractivity contribution < 1.29 is 18.9 Å². The number of nitro benzene ring substituents is 1. The number of nitrogens with two attached hydrogens (primary N) is 1. The largest absolute Gasteiger partial charge is 0.456 e. The van der Waals surface area contributed by atoms with E-state index in [1.807, 2.05) is 6.07 Å². The van der Waals surface area contributed by atoms with Crippen LogP contribution in [-0.4, -0.2) is 16.7 Å². The molecule has 9 nitrogen and oxygen atoms in total. The summed E-state index contributed by atoms with van der Waals surface area (Å²) >= 11 is 1.30. The lowest BCUT2D eigenvalue weighted by Gasteiger charge is -2.11. The molecule has 1 aliphatic carbocycles. The molecule has 0 saturated carbocycles. The fourth-order valence-corrected chi connectivity index (χ4v) is 5.08. The second-order valence-corrected chi connectivity index (χ2v) is 8.48. The number of furan rings is 1. The van der Waals surface area contributed by atoms with Crippen molar-refractivity contribution in [1.82, 2.24) is 0 Å². The number of nitrogens with zero attached hydrogens (tertiary/aromatic N) is 2. The Morgan fingerprint density at radius 1 is 1.21 bits per heavy atom. The van der Waals surface area contributed by atoms with Gasteiger partial charge in [0, 0.05) is 17.0 Å². The molecule has 2 aromatic heterocycles. The first-order valence-corrected chi connectivity index (χ1v) is 10.9. The van der Waals surface area contributed by atoms with Crippen LogP contribution < -0.4 is 11.1 Å². The van der Waals surface area contributed by atoms with E-state index in [0.29, 0.717) is 10.6 Å². The highest BCUT2D eigenvalue weighted by molar-refractivity contribution is 7.17. The Morgan fingerprint density at radius 2 is 1.97 bits per heavy atom. The van der Waals surface area contributed by atoms with Crippen LogP contribution in [0, 0.1) is 21.4 Å². The van der Waals surface area contributed by atoms with Gasteiger partial charge in [-0.15, -0.1) is 11.3 Å². The van der Waals surface area contributed by atoms with Gasteiger partial charge in [-0.05, 0) is 49.4 Å². The van der Waals surface area contributed by atoms with Gasteiger partial charge < -0.3 is 15.5 Å². The molecule has 0 bridgehead atoms. The van der Waals surface area contributed by atoms with E-state index in [0.717, 1.165) is 36.1 Å². The van der Waals surface area contributed by atoms with Crippen LogP contribution in [0.5, 0.6) is 0 Å². The van der Waals surface area contributed by atoms with Crippen LogP contribution in [0.4, 0.5) is 10.7 Å². The number of para-hydroxylation sites is 1. The summed E-state index contributed by atoms with van der Waals surface area (Å²) < 4.78 is 5.64. The number of hydrogen-bond acceptors (Lipinski definition) is 7. The van der Waals surface area contributed by atoms with E-state index in [1.165, 1.54) is 35.6 Å². The van der Waals surface area contributed by atoms with Crippen molar-refractivity contribution >= 4 is 39.9 Å². The van der Waals surface area contributed by atoms with Gasteiger partial charge in [0.05, 0.1) is 16.1 Å². The number of fused-ring (bicyclic) bond motifs is 1. The van der Waals surface area contributed by atoms with Gasteiger partial charge >= 0.3 is 0 Å². The summed E-state index contributed by atoms with van der Waals surface area (Å²) in [6.45, 7) is 0. The lowest BCUT2D eigenvalue weighted by Crippen LogP contribution is -2.19. The molecule has 0 radical (unpaired) electrons. The number of benzene rings is 1. The normalized spacial score (nSPS) is 13.1. The zero-order valence-electron chi connectivity index (χ0n) is 17.3. The van der Waals surface area contributed by atoms with Crippen molar-refractivity contribution in [1.29, 1.82) is 5.26 Å². The van der Waals surface area contributed by atoms with Crippen molar-refractivity contribution in [2.75, 3.05) is 5.32 Å². The summed E-state index contributed by atoms with van der Waals surface area (Å²) in [6.07, 6.45) is 4.73. The van der Waals surface area contributed by atoms with E-state index in [4.69, 9.17) is 10.2 Å². The number of aryl methyl sites for hydroxylation is 1. The number of nitrogens with one attached hydrogen (secondary N) is 1. The van der Waals surface area contributed by atoms with Crippen LogP contribution in [0.1, 0.15) is 39.4 Å². The number of nitro groups is 1. The van der Waals surface area contributed by atoms with Gasteiger partial charge in [0.1, 0.15) is 28.2 Å². The molecule has 0 spiro atoms. The Kier molecular flexibility index (Phi) is 6.06. The van der Waals surface area contributed by atoms with Gasteiger partial charge in [0.25, 0.3) is 17.5 Å². The molecule has 3 N–H and O–H groups in total. The average molecular weight is 462 g/mol. The summed E-state index contributed by atoms with van der Waals surface area (Å²) in [5.74, 6) is -0.918. The first kappa shape index (κ1) is 22.0. The first-order chi connectivity index (χ1) is 15.9. The lowest BCUT2D eigenvalue weighted by atomic mass is 9.95. The molecule has 3 aromatic rings. The predicted molar refractivity (Wildman–Crippen MR) is 122 cm³/mol. The van der Waals surface area contributed by atoms with Gasteiger partial charge in [-0.2, -0.15) is 5.26 Å². The zero-order chi connectivity index (χ0) is 23.5. The second kappa shape index (κ2) is 9.10. The second-order valence-electron chi connectivity index (χ2n) is 7.38. The molecular weight excluding hydrogens is 444 g/mol. The summed E-state index contributed by atoms with van der Waals surface area (Å²) in [7, 11) is 0. The van der Waals surface area contributed by atoms with Crippen LogP contribution >= 0.6 is 11.3 Å².